The smallest absolute Gasteiger partial charge is 0.378 e. The minimum atomic E-state index is -1.60. The Morgan fingerprint density at radius 1 is 1.23 bits per heavy atom. The van der Waals surface area contributed by atoms with Crippen LogP contribution in [-0.2, 0) is 29.6 Å². The molecule has 4 unspecified atom stereocenters. The average Bonchev–Trinajstić information content (AvgIpc) is 3.20. The average molecular weight is 420 g/mol. The molecule has 0 bridgehead atoms. The largest absolute Gasteiger partial charge is 0.504 e. The number of aliphatic hydroxyl groups is 1. The van der Waals surface area contributed by atoms with Gasteiger partial charge in [0.05, 0.1) is 5.56 Å². The topological polar surface area (TPSA) is 123 Å². The summed E-state index contributed by atoms with van der Waals surface area (Å²) in [6, 6.07) is 4.28. The van der Waals surface area contributed by atoms with Crippen LogP contribution in [0.2, 0.25) is 0 Å². The molecule has 0 spiro atoms. The number of ketones is 1. The lowest BCUT2D eigenvalue weighted by Crippen LogP contribution is -2.36. The van der Waals surface area contributed by atoms with Gasteiger partial charge in [-0.1, -0.05) is 32.8 Å². The number of carbonyl (C=O) groups is 2. The first-order chi connectivity index (χ1) is 14.2. The highest BCUT2D eigenvalue weighted by molar-refractivity contribution is 5.90. The summed E-state index contributed by atoms with van der Waals surface area (Å²) in [6.07, 6.45) is 0.707. The lowest BCUT2D eigenvalue weighted by atomic mass is 9.90. The summed E-state index contributed by atoms with van der Waals surface area (Å²) >= 11 is 0. The quantitative estimate of drug-likeness (QED) is 0.412. The summed E-state index contributed by atoms with van der Waals surface area (Å²) in [5.41, 5.74) is 0.111. The fraction of sp³-hybridized carbons (Fsp3) is 0.545. The molecule has 164 valence electrons. The van der Waals surface area contributed by atoms with Gasteiger partial charge in [0, 0.05) is 19.3 Å². The van der Waals surface area contributed by atoms with Crippen LogP contribution >= 0.6 is 0 Å². The van der Waals surface area contributed by atoms with Crippen LogP contribution in [0.1, 0.15) is 58.4 Å². The molecule has 2 aliphatic heterocycles. The first kappa shape index (κ1) is 22.0. The molecule has 8 nitrogen and oxygen atoms in total. The second kappa shape index (κ2) is 8.55. The van der Waals surface area contributed by atoms with Crippen LogP contribution in [-0.4, -0.2) is 39.3 Å². The number of aromatic hydroxyl groups is 2. The molecule has 3 N–H and O–H groups in total. The van der Waals surface area contributed by atoms with E-state index < -0.39 is 29.7 Å². The number of cyclic esters (lactones) is 1. The minimum Gasteiger partial charge on any atom is -0.504 e. The van der Waals surface area contributed by atoms with Crippen molar-refractivity contribution in [1.82, 2.24) is 0 Å². The van der Waals surface area contributed by atoms with Gasteiger partial charge in [0.25, 0.3) is 11.5 Å². The number of phenols is 2. The Morgan fingerprint density at radius 2 is 1.97 bits per heavy atom. The number of hydrogen-bond donors (Lipinski definition) is 3. The number of Topliss-reactive ketones (excluding diaryl/α,β-unsaturated/α-hetero) is 1. The summed E-state index contributed by atoms with van der Waals surface area (Å²) < 4.78 is 16.6. The van der Waals surface area contributed by atoms with Crippen LogP contribution in [0.25, 0.3) is 0 Å². The van der Waals surface area contributed by atoms with Crippen molar-refractivity contribution in [2.75, 3.05) is 0 Å². The van der Waals surface area contributed by atoms with E-state index in [1.807, 2.05) is 6.92 Å². The molecular weight excluding hydrogens is 392 g/mol. The molecule has 0 aliphatic carbocycles. The number of phenolic OH excluding ortho intramolecular Hbond substituents is 2. The molecule has 8 heteroatoms. The van der Waals surface area contributed by atoms with Crippen LogP contribution in [0.5, 0.6) is 11.5 Å². The summed E-state index contributed by atoms with van der Waals surface area (Å²) in [7, 11) is 0. The van der Waals surface area contributed by atoms with Crippen molar-refractivity contribution in [2.24, 2.45) is 5.92 Å². The molecule has 0 saturated heterocycles. The standard InChI is InChI=1S/C22H28O8/c1-4-6-8-12(5-2)15(24)11-16(25)18-19-20(21(27)28-18)30-22(3,29-19)13-9-7-10-14(23)17(13)26/h7,9-10,12,16,18,23,25-26H,4-6,8,11H2,1-3H3. The predicted octanol–water partition coefficient (Wildman–Crippen LogP) is 2.99. The lowest BCUT2D eigenvalue weighted by Gasteiger charge is -2.29. The van der Waals surface area contributed by atoms with Gasteiger partial charge >= 0.3 is 5.97 Å². The van der Waals surface area contributed by atoms with E-state index in [1.54, 1.807) is 0 Å². The Morgan fingerprint density at radius 3 is 2.63 bits per heavy atom. The number of ether oxygens (including phenoxy) is 3. The van der Waals surface area contributed by atoms with Crippen molar-refractivity contribution in [3.63, 3.8) is 0 Å². The second-order valence-electron chi connectivity index (χ2n) is 7.83. The Kier molecular flexibility index (Phi) is 6.26. The van der Waals surface area contributed by atoms with Gasteiger partial charge in [-0.2, -0.15) is 0 Å². The molecule has 30 heavy (non-hydrogen) atoms. The van der Waals surface area contributed by atoms with Gasteiger partial charge in [0.15, 0.2) is 23.4 Å². The summed E-state index contributed by atoms with van der Waals surface area (Å²) in [4.78, 5) is 24.9. The van der Waals surface area contributed by atoms with Crippen molar-refractivity contribution in [1.29, 1.82) is 0 Å². The van der Waals surface area contributed by atoms with Gasteiger partial charge in [0.2, 0.25) is 0 Å². The monoisotopic (exact) mass is 420 g/mol. The van der Waals surface area contributed by atoms with E-state index in [9.17, 15) is 24.9 Å². The molecule has 4 atom stereocenters. The summed E-state index contributed by atoms with van der Waals surface area (Å²) in [5.74, 6) is -3.69. The lowest BCUT2D eigenvalue weighted by molar-refractivity contribution is -0.188. The maximum atomic E-state index is 12.6. The third-order valence-corrected chi connectivity index (χ3v) is 5.62. The Balaban J connectivity index is 1.75. The van der Waals surface area contributed by atoms with Crippen molar-refractivity contribution >= 4 is 11.8 Å². The molecule has 0 radical (unpaired) electrons. The van der Waals surface area contributed by atoms with E-state index in [1.165, 1.54) is 25.1 Å². The van der Waals surface area contributed by atoms with Gasteiger partial charge in [-0.3, -0.25) is 4.79 Å². The summed E-state index contributed by atoms with van der Waals surface area (Å²) in [6.45, 7) is 5.46. The zero-order chi connectivity index (χ0) is 22.1. The van der Waals surface area contributed by atoms with Gasteiger partial charge in [0.1, 0.15) is 11.9 Å². The Hall–Kier alpha value is -2.74. The Labute approximate surface area is 175 Å². The van der Waals surface area contributed by atoms with E-state index >= 15 is 0 Å². The highest BCUT2D eigenvalue weighted by Gasteiger charge is 2.54. The number of unbranched alkanes of at least 4 members (excludes halogenated alkanes) is 1. The van der Waals surface area contributed by atoms with Crippen LogP contribution in [0, 0.1) is 5.92 Å². The number of carbonyl (C=O) groups excluding carboxylic acids is 2. The van der Waals surface area contributed by atoms with Gasteiger partial charge in [-0.15, -0.1) is 0 Å². The van der Waals surface area contributed by atoms with Crippen LogP contribution < -0.4 is 0 Å². The van der Waals surface area contributed by atoms with E-state index in [-0.39, 0.29) is 41.0 Å². The SMILES string of the molecule is CCCCC(CC)C(=O)CC(O)C1OC(=O)C2=C1OC(C)(c1cccc(O)c1O)O2. The molecule has 0 aromatic heterocycles. The number of rotatable bonds is 9. The molecule has 2 heterocycles. The molecule has 0 fully saturated rings. The van der Waals surface area contributed by atoms with Gasteiger partial charge in [-0.05, 0) is 25.0 Å². The molecule has 3 rings (SSSR count). The van der Waals surface area contributed by atoms with Crippen LogP contribution in [0.15, 0.2) is 29.7 Å². The van der Waals surface area contributed by atoms with Crippen molar-refractivity contribution in [3.8, 4) is 11.5 Å². The molecule has 2 aliphatic rings. The zero-order valence-corrected chi connectivity index (χ0v) is 17.4. The van der Waals surface area contributed by atoms with E-state index in [0.29, 0.717) is 6.42 Å². The normalized spacial score (nSPS) is 24.7. The van der Waals surface area contributed by atoms with Crippen molar-refractivity contribution in [2.45, 2.75) is 70.9 Å². The molecule has 1 aromatic carbocycles. The van der Waals surface area contributed by atoms with Gasteiger partial charge < -0.3 is 29.5 Å². The summed E-state index contributed by atoms with van der Waals surface area (Å²) in [5, 5.41) is 30.6. The minimum absolute atomic E-state index is 0.0212. The number of para-hydroxylation sites is 1. The van der Waals surface area contributed by atoms with Gasteiger partial charge in [-0.25, -0.2) is 4.79 Å². The van der Waals surface area contributed by atoms with Crippen molar-refractivity contribution < 1.29 is 39.1 Å². The van der Waals surface area contributed by atoms with Crippen LogP contribution in [0.3, 0.4) is 0 Å². The van der Waals surface area contributed by atoms with Crippen LogP contribution in [0.4, 0.5) is 0 Å². The van der Waals surface area contributed by atoms with Crippen molar-refractivity contribution in [3.05, 3.63) is 35.3 Å². The number of esters is 1. The molecular formula is C22H28O8. The highest BCUT2D eigenvalue weighted by Crippen LogP contribution is 2.48. The number of benzene rings is 1. The zero-order valence-electron chi connectivity index (χ0n) is 17.4. The number of aliphatic hydroxyl groups excluding tert-OH is 1. The highest BCUT2D eigenvalue weighted by atomic mass is 16.8. The van der Waals surface area contributed by atoms with E-state index in [4.69, 9.17) is 14.2 Å². The van der Waals surface area contributed by atoms with E-state index in [0.717, 1.165) is 19.3 Å². The first-order valence-electron chi connectivity index (χ1n) is 10.3. The maximum absolute atomic E-state index is 12.6. The fourth-order valence-electron chi connectivity index (χ4n) is 3.86. The van der Waals surface area contributed by atoms with E-state index in [2.05, 4.69) is 6.92 Å². The Bertz CT molecular complexity index is 861. The third-order valence-electron chi connectivity index (χ3n) is 5.62. The maximum Gasteiger partial charge on any atom is 0.378 e. The first-order valence-corrected chi connectivity index (χ1v) is 10.3. The second-order valence-corrected chi connectivity index (χ2v) is 7.83. The third kappa shape index (κ3) is 3.96. The molecule has 0 amide bonds. The fourth-order valence-corrected chi connectivity index (χ4v) is 3.86. The predicted molar refractivity (Wildman–Crippen MR) is 105 cm³/mol. The number of hydrogen-bond acceptors (Lipinski definition) is 8. The molecule has 1 aromatic rings. The molecule has 0 saturated carbocycles.